The molecule has 0 spiro atoms. The summed E-state index contributed by atoms with van der Waals surface area (Å²) in [5, 5.41) is 16.4. The molecule has 116 valence electrons. The molecule has 1 saturated carbocycles. The van der Waals surface area contributed by atoms with Gasteiger partial charge in [-0.1, -0.05) is 13.3 Å². The highest BCUT2D eigenvalue weighted by molar-refractivity contribution is 5.85. The average Bonchev–Trinajstić information content (AvgIpc) is 3.04. The van der Waals surface area contributed by atoms with Crippen LogP contribution in [0.4, 0.5) is 0 Å². The topological polar surface area (TPSA) is 84.2 Å². The quantitative estimate of drug-likeness (QED) is 0.826. The molecule has 0 radical (unpaired) electrons. The Morgan fingerprint density at radius 3 is 2.71 bits per heavy atom. The van der Waals surface area contributed by atoms with Crippen molar-refractivity contribution in [3.63, 3.8) is 0 Å². The van der Waals surface area contributed by atoms with Crippen LogP contribution in [0.2, 0.25) is 0 Å². The Morgan fingerprint density at radius 1 is 1.43 bits per heavy atom. The molecule has 1 aliphatic carbocycles. The minimum atomic E-state index is -0.851. The van der Waals surface area contributed by atoms with E-state index in [1.807, 2.05) is 26.2 Å². The number of rotatable bonds is 6. The SMILES string of the molecule is CCC1C[C@H](C(=O)NCCc2ccn(C)n2)[C@H](C(=O)O)C1. The number of nitrogens with one attached hydrogen (secondary N) is 1. The van der Waals surface area contributed by atoms with Gasteiger partial charge in [0.15, 0.2) is 0 Å². The van der Waals surface area contributed by atoms with Crippen LogP contribution in [0.5, 0.6) is 0 Å². The molecule has 1 unspecified atom stereocenters. The van der Waals surface area contributed by atoms with Gasteiger partial charge in [-0.05, 0) is 24.8 Å². The van der Waals surface area contributed by atoms with Gasteiger partial charge in [0, 0.05) is 26.2 Å². The first-order valence-corrected chi connectivity index (χ1v) is 7.50. The van der Waals surface area contributed by atoms with E-state index in [4.69, 9.17) is 0 Å². The van der Waals surface area contributed by atoms with E-state index in [2.05, 4.69) is 10.4 Å². The highest BCUT2D eigenvalue weighted by Gasteiger charge is 2.41. The Morgan fingerprint density at radius 2 is 2.14 bits per heavy atom. The van der Waals surface area contributed by atoms with E-state index in [1.54, 1.807) is 4.68 Å². The van der Waals surface area contributed by atoms with Crippen LogP contribution < -0.4 is 5.32 Å². The molecule has 2 N–H and O–H groups in total. The number of carbonyl (C=O) groups is 2. The molecule has 2 rings (SSSR count). The summed E-state index contributed by atoms with van der Waals surface area (Å²) in [7, 11) is 1.85. The zero-order valence-corrected chi connectivity index (χ0v) is 12.6. The predicted molar refractivity (Wildman–Crippen MR) is 77.6 cm³/mol. The van der Waals surface area contributed by atoms with E-state index < -0.39 is 17.8 Å². The van der Waals surface area contributed by atoms with Crippen molar-refractivity contribution < 1.29 is 14.7 Å². The number of carboxylic acid groups (broad SMARTS) is 1. The van der Waals surface area contributed by atoms with Crippen molar-refractivity contribution in [2.24, 2.45) is 24.8 Å². The van der Waals surface area contributed by atoms with Crippen molar-refractivity contribution >= 4 is 11.9 Å². The van der Waals surface area contributed by atoms with E-state index in [9.17, 15) is 14.7 Å². The van der Waals surface area contributed by atoms with Crippen molar-refractivity contribution in [3.8, 4) is 0 Å². The van der Waals surface area contributed by atoms with Crippen LogP contribution in [0.25, 0.3) is 0 Å². The summed E-state index contributed by atoms with van der Waals surface area (Å²) < 4.78 is 1.72. The monoisotopic (exact) mass is 293 g/mol. The van der Waals surface area contributed by atoms with Gasteiger partial charge in [-0.15, -0.1) is 0 Å². The van der Waals surface area contributed by atoms with Crippen LogP contribution in [0.3, 0.4) is 0 Å². The lowest BCUT2D eigenvalue weighted by Crippen LogP contribution is -2.36. The summed E-state index contributed by atoms with van der Waals surface area (Å²) in [5.74, 6) is -1.57. The van der Waals surface area contributed by atoms with E-state index in [0.717, 1.165) is 12.1 Å². The van der Waals surface area contributed by atoms with Crippen LogP contribution >= 0.6 is 0 Å². The maximum Gasteiger partial charge on any atom is 0.307 e. The van der Waals surface area contributed by atoms with Gasteiger partial charge in [-0.3, -0.25) is 14.3 Å². The molecule has 1 amide bonds. The third kappa shape index (κ3) is 3.83. The van der Waals surface area contributed by atoms with Gasteiger partial charge in [0.1, 0.15) is 0 Å². The second kappa shape index (κ2) is 6.74. The zero-order chi connectivity index (χ0) is 15.4. The highest BCUT2D eigenvalue weighted by atomic mass is 16.4. The van der Waals surface area contributed by atoms with Gasteiger partial charge in [0.05, 0.1) is 17.5 Å². The Kier molecular flexibility index (Phi) is 4.98. The molecule has 1 heterocycles. The maximum atomic E-state index is 12.2. The predicted octanol–water partition coefficient (Wildman–Crippen LogP) is 1.22. The molecule has 0 bridgehead atoms. The van der Waals surface area contributed by atoms with Crippen molar-refractivity contribution in [1.29, 1.82) is 0 Å². The van der Waals surface area contributed by atoms with E-state index in [0.29, 0.717) is 31.7 Å². The molecule has 0 saturated heterocycles. The van der Waals surface area contributed by atoms with Gasteiger partial charge < -0.3 is 10.4 Å². The van der Waals surface area contributed by atoms with Gasteiger partial charge in [-0.25, -0.2) is 0 Å². The van der Waals surface area contributed by atoms with Gasteiger partial charge >= 0.3 is 5.97 Å². The first-order chi connectivity index (χ1) is 10.0. The number of carboxylic acids is 1. The zero-order valence-electron chi connectivity index (χ0n) is 12.6. The summed E-state index contributed by atoms with van der Waals surface area (Å²) >= 11 is 0. The molecule has 3 atom stereocenters. The van der Waals surface area contributed by atoms with Crippen LogP contribution in [-0.2, 0) is 23.1 Å². The van der Waals surface area contributed by atoms with Crippen LogP contribution in [0.1, 0.15) is 31.9 Å². The van der Waals surface area contributed by atoms with Gasteiger partial charge in [0.2, 0.25) is 5.91 Å². The normalized spacial score (nSPS) is 25.0. The standard InChI is InChI=1S/C15H23N3O3/c1-3-10-8-12(13(9-10)15(20)21)14(19)16-6-4-11-5-7-18(2)17-11/h5,7,10,12-13H,3-4,6,8-9H2,1-2H3,(H,16,19)(H,20,21)/t10?,12-,13+/m0/s1. The number of nitrogens with zero attached hydrogens (tertiary/aromatic N) is 2. The molecule has 1 fully saturated rings. The van der Waals surface area contributed by atoms with E-state index in [-0.39, 0.29) is 5.91 Å². The number of aliphatic carboxylic acids is 1. The van der Waals surface area contributed by atoms with Gasteiger partial charge in [0.25, 0.3) is 0 Å². The van der Waals surface area contributed by atoms with Crippen LogP contribution in [-0.4, -0.2) is 33.3 Å². The molecule has 0 aromatic carbocycles. The molecular weight excluding hydrogens is 270 g/mol. The van der Waals surface area contributed by atoms with Crippen molar-refractivity contribution in [2.45, 2.75) is 32.6 Å². The summed E-state index contributed by atoms with van der Waals surface area (Å²) in [6.07, 6.45) is 4.75. The lowest BCUT2D eigenvalue weighted by Gasteiger charge is -2.15. The number of aromatic nitrogens is 2. The van der Waals surface area contributed by atoms with Crippen LogP contribution in [0.15, 0.2) is 12.3 Å². The van der Waals surface area contributed by atoms with Crippen molar-refractivity contribution in [2.75, 3.05) is 6.54 Å². The molecule has 1 aliphatic rings. The lowest BCUT2D eigenvalue weighted by molar-refractivity contribution is -0.146. The second-order valence-corrected chi connectivity index (χ2v) is 5.82. The molecule has 21 heavy (non-hydrogen) atoms. The minimum absolute atomic E-state index is 0.130. The Hall–Kier alpha value is -1.85. The fourth-order valence-electron chi connectivity index (χ4n) is 3.08. The summed E-state index contributed by atoms with van der Waals surface area (Å²) in [6.45, 7) is 2.54. The summed E-state index contributed by atoms with van der Waals surface area (Å²) in [6, 6.07) is 1.91. The third-order valence-electron chi connectivity index (χ3n) is 4.34. The number of hydrogen-bond donors (Lipinski definition) is 2. The number of amides is 1. The molecule has 6 nitrogen and oxygen atoms in total. The number of hydrogen-bond acceptors (Lipinski definition) is 3. The Labute approximate surface area is 124 Å². The largest absolute Gasteiger partial charge is 0.481 e. The number of carbonyl (C=O) groups excluding carboxylic acids is 1. The smallest absolute Gasteiger partial charge is 0.307 e. The first-order valence-electron chi connectivity index (χ1n) is 7.50. The molecule has 1 aromatic rings. The van der Waals surface area contributed by atoms with Crippen molar-refractivity contribution in [3.05, 3.63) is 18.0 Å². The molecule has 0 aliphatic heterocycles. The number of aryl methyl sites for hydroxylation is 1. The summed E-state index contributed by atoms with van der Waals surface area (Å²) in [5.41, 5.74) is 0.922. The molecule has 1 aromatic heterocycles. The Balaban J connectivity index is 1.85. The second-order valence-electron chi connectivity index (χ2n) is 5.82. The molecular formula is C15H23N3O3. The van der Waals surface area contributed by atoms with Crippen LogP contribution in [0, 0.1) is 17.8 Å². The highest BCUT2D eigenvalue weighted by Crippen LogP contribution is 2.38. The first kappa shape index (κ1) is 15.5. The fraction of sp³-hybridized carbons (Fsp3) is 0.667. The Bertz CT molecular complexity index is 512. The molecule has 6 heteroatoms. The van der Waals surface area contributed by atoms with Gasteiger partial charge in [-0.2, -0.15) is 5.10 Å². The fourth-order valence-corrected chi connectivity index (χ4v) is 3.08. The van der Waals surface area contributed by atoms with Crippen molar-refractivity contribution in [1.82, 2.24) is 15.1 Å². The minimum Gasteiger partial charge on any atom is -0.481 e. The summed E-state index contributed by atoms with van der Waals surface area (Å²) in [4.78, 5) is 23.5. The maximum absolute atomic E-state index is 12.2. The lowest BCUT2D eigenvalue weighted by atomic mass is 9.95. The third-order valence-corrected chi connectivity index (χ3v) is 4.34. The van der Waals surface area contributed by atoms with E-state index >= 15 is 0 Å². The average molecular weight is 293 g/mol. The van der Waals surface area contributed by atoms with E-state index in [1.165, 1.54) is 0 Å².